The van der Waals surface area contributed by atoms with Crippen molar-refractivity contribution in [1.82, 2.24) is 9.78 Å². The summed E-state index contributed by atoms with van der Waals surface area (Å²) < 4.78 is 7.42. The van der Waals surface area contributed by atoms with Crippen LogP contribution in [0.15, 0.2) is 78.9 Å². The van der Waals surface area contributed by atoms with Crippen molar-refractivity contribution in [3.63, 3.8) is 0 Å². The lowest BCUT2D eigenvalue weighted by atomic mass is 9.99. The molecule has 0 bridgehead atoms. The van der Waals surface area contributed by atoms with E-state index in [9.17, 15) is 5.11 Å². The Kier molecular flexibility index (Phi) is 4.96. The molecule has 140 valence electrons. The van der Waals surface area contributed by atoms with E-state index in [1.807, 2.05) is 71.4 Å². The third-order valence-electron chi connectivity index (χ3n) is 4.94. The third-order valence-corrected chi connectivity index (χ3v) is 4.94. The van der Waals surface area contributed by atoms with Crippen molar-refractivity contribution in [2.75, 3.05) is 7.11 Å². The quantitative estimate of drug-likeness (QED) is 0.537. The molecule has 4 heteroatoms. The van der Waals surface area contributed by atoms with Crippen molar-refractivity contribution < 1.29 is 9.84 Å². The minimum Gasteiger partial charge on any atom is -0.496 e. The Morgan fingerprint density at radius 3 is 2.21 bits per heavy atom. The smallest absolute Gasteiger partial charge is 0.125 e. The summed E-state index contributed by atoms with van der Waals surface area (Å²) in [5.41, 5.74) is 6.63. The molecule has 0 amide bonds. The number of hydrogen-bond acceptors (Lipinski definition) is 3. The molecular formula is C24H22N2O2. The molecule has 0 fully saturated rings. The Labute approximate surface area is 164 Å². The summed E-state index contributed by atoms with van der Waals surface area (Å²) in [5.74, 6) is 0.662. The fourth-order valence-electron chi connectivity index (χ4n) is 3.58. The molecule has 0 aliphatic carbocycles. The highest BCUT2D eigenvalue weighted by Gasteiger charge is 2.21. The van der Waals surface area contributed by atoms with E-state index in [0.29, 0.717) is 5.75 Å². The van der Waals surface area contributed by atoms with E-state index in [0.717, 1.165) is 39.3 Å². The SMILES string of the molecule is COc1cccc(-c2nn(-c3ccccc3)c(-c3ccccc3)c2C)c1CO. The van der Waals surface area contributed by atoms with Gasteiger partial charge in [-0.25, -0.2) is 4.68 Å². The van der Waals surface area contributed by atoms with Gasteiger partial charge in [-0.2, -0.15) is 5.10 Å². The molecule has 0 saturated carbocycles. The van der Waals surface area contributed by atoms with Gasteiger partial charge in [0.05, 0.1) is 30.8 Å². The van der Waals surface area contributed by atoms with Crippen LogP contribution in [0.2, 0.25) is 0 Å². The second-order valence-corrected chi connectivity index (χ2v) is 6.58. The molecule has 0 radical (unpaired) electrons. The average Bonchev–Trinajstić information content (AvgIpc) is 3.11. The summed E-state index contributed by atoms with van der Waals surface area (Å²) in [5, 5.41) is 14.9. The third kappa shape index (κ3) is 3.08. The Balaban J connectivity index is 2.01. The Bertz CT molecular complexity index is 1090. The number of methoxy groups -OCH3 is 1. The monoisotopic (exact) mass is 370 g/mol. The van der Waals surface area contributed by atoms with Crippen LogP contribution < -0.4 is 4.74 Å². The van der Waals surface area contributed by atoms with E-state index >= 15 is 0 Å². The van der Waals surface area contributed by atoms with E-state index in [2.05, 4.69) is 19.1 Å². The topological polar surface area (TPSA) is 47.3 Å². The van der Waals surface area contributed by atoms with E-state index in [1.165, 1.54) is 0 Å². The maximum absolute atomic E-state index is 9.98. The van der Waals surface area contributed by atoms with Crippen LogP contribution in [0, 0.1) is 6.92 Å². The summed E-state index contributed by atoms with van der Waals surface area (Å²) in [6, 6.07) is 26.1. The molecule has 1 aromatic heterocycles. The number of nitrogens with zero attached hydrogens (tertiary/aromatic N) is 2. The number of ether oxygens (including phenoxy) is 1. The summed E-state index contributed by atoms with van der Waals surface area (Å²) in [4.78, 5) is 0. The van der Waals surface area contributed by atoms with Crippen LogP contribution in [0.4, 0.5) is 0 Å². The van der Waals surface area contributed by atoms with Gasteiger partial charge in [0.1, 0.15) is 5.75 Å². The molecule has 1 N–H and O–H groups in total. The number of aliphatic hydroxyl groups excluding tert-OH is 1. The van der Waals surface area contributed by atoms with Crippen LogP contribution in [0.1, 0.15) is 11.1 Å². The molecule has 4 aromatic rings. The molecular weight excluding hydrogens is 348 g/mol. The van der Waals surface area contributed by atoms with Gasteiger partial charge in [-0.05, 0) is 25.1 Å². The number of aliphatic hydroxyl groups is 1. The molecule has 28 heavy (non-hydrogen) atoms. The number of aromatic nitrogens is 2. The number of para-hydroxylation sites is 1. The Morgan fingerprint density at radius 1 is 0.893 bits per heavy atom. The standard InChI is InChI=1S/C24H22N2O2/c1-17-23(20-14-9-15-22(28-2)21(20)16-27)25-26(19-12-7-4-8-13-19)24(17)18-10-5-3-6-11-18/h3-15,27H,16H2,1-2H3. The Hall–Kier alpha value is -3.37. The first-order valence-electron chi connectivity index (χ1n) is 9.22. The zero-order valence-corrected chi connectivity index (χ0v) is 16.0. The lowest BCUT2D eigenvalue weighted by Gasteiger charge is -2.11. The molecule has 0 atom stereocenters. The maximum Gasteiger partial charge on any atom is 0.125 e. The van der Waals surface area contributed by atoms with Crippen molar-refractivity contribution in [2.45, 2.75) is 13.5 Å². The lowest BCUT2D eigenvalue weighted by molar-refractivity contribution is 0.274. The summed E-state index contributed by atoms with van der Waals surface area (Å²) >= 11 is 0. The van der Waals surface area contributed by atoms with Gasteiger partial charge in [0.25, 0.3) is 0 Å². The van der Waals surface area contributed by atoms with Crippen LogP contribution in [-0.4, -0.2) is 22.0 Å². The highest BCUT2D eigenvalue weighted by Crippen LogP contribution is 2.37. The van der Waals surface area contributed by atoms with Crippen molar-refractivity contribution in [1.29, 1.82) is 0 Å². The van der Waals surface area contributed by atoms with Gasteiger partial charge < -0.3 is 9.84 Å². The predicted octanol–water partition coefficient (Wildman–Crippen LogP) is 5.02. The Morgan fingerprint density at radius 2 is 1.57 bits per heavy atom. The molecule has 0 spiro atoms. The largest absolute Gasteiger partial charge is 0.496 e. The first-order valence-corrected chi connectivity index (χ1v) is 9.22. The van der Waals surface area contributed by atoms with Gasteiger partial charge in [0.2, 0.25) is 0 Å². The van der Waals surface area contributed by atoms with Crippen LogP contribution in [0.3, 0.4) is 0 Å². The second kappa shape index (κ2) is 7.71. The molecule has 0 aliphatic rings. The zero-order valence-electron chi connectivity index (χ0n) is 16.0. The number of benzene rings is 3. The second-order valence-electron chi connectivity index (χ2n) is 6.58. The fourth-order valence-corrected chi connectivity index (χ4v) is 3.58. The predicted molar refractivity (Wildman–Crippen MR) is 112 cm³/mol. The minimum absolute atomic E-state index is 0.113. The lowest BCUT2D eigenvalue weighted by Crippen LogP contribution is -1.99. The van der Waals surface area contributed by atoms with E-state index in [-0.39, 0.29) is 6.61 Å². The van der Waals surface area contributed by atoms with Gasteiger partial charge >= 0.3 is 0 Å². The summed E-state index contributed by atoms with van der Waals surface area (Å²) in [6.45, 7) is 1.96. The first kappa shape index (κ1) is 18.0. The van der Waals surface area contributed by atoms with E-state index in [1.54, 1.807) is 7.11 Å². The van der Waals surface area contributed by atoms with Crippen molar-refractivity contribution in [3.8, 4) is 34.0 Å². The maximum atomic E-state index is 9.98. The summed E-state index contributed by atoms with van der Waals surface area (Å²) in [7, 11) is 1.61. The van der Waals surface area contributed by atoms with E-state index < -0.39 is 0 Å². The molecule has 0 unspecified atom stereocenters. The molecule has 1 heterocycles. The highest BCUT2D eigenvalue weighted by atomic mass is 16.5. The van der Waals surface area contributed by atoms with Crippen molar-refractivity contribution >= 4 is 0 Å². The molecule has 4 nitrogen and oxygen atoms in total. The van der Waals surface area contributed by atoms with Crippen molar-refractivity contribution in [3.05, 3.63) is 90.0 Å². The number of rotatable bonds is 5. The average molecular weight is 370 g/mol. The van der Waals surface area contributed by atoms with Crippen molar-refractivity contribution in [2.24, 2.45) is 0 Å². The molecule has 3 aromatic carbocycles. The number of hydrogen-bond donors (Lipinski definition) is 1. The fraction of sp³-hybridized carbons (Fsp3) is 0.125. The minimum atomic E-state index is -0.113. The molecule has 0 saturated heterocycles. The molecule has 0 aliphatic heterocycles. The van der Waals surface area contributed by atoms with Crippen LogP contribution >= 0.6 is 0 Å². The van der Waals surface area contributed by atoms with Gasteiger partial charge in [0.15, 0.2) is 0 Å². The van der Waals surface area contributed by atoms with Gasteiger partial charge in [-0.1, -0.05) is 60.7 Å². The molecule has 4 rings (SSSR count). The van der Waals surface area contributed by atoms with Crippen LogP contribution in [-0.2, 0) is 6.61 Å². The first-order chi connectivity index (χ1) is 13.7. The van der Waals surface area contributed by atoms with Crippen LogP contribution in [0.5, 0.6) is 5.75 Å². The highest BCUT2D eigenvalue weighted by molar-refractivity contribution is 5.78. The van der Waals surface area contributed by atoms with Gasteiger partial charge in [-0.3, -0.25) is 0 Å². The normalized spacial score (nSPS) is 10.8. The summed E-state index contributed by atoms with van der Waals surface area (Å²) in [6.07, 6.45) is 0. The van der Waals surface area contributed by atoms with Gasteiger partial charge in [0, 0.05) is 22.3 Å². The zero-order chi connectivity index (χ0) is 19.5. The van der Waals surface area contributed by atoms with E-state index in [4.69, 9.17) is 9.84 Å². The van der Waals surface area contributed by atoms with Crippen LogP contribution in [0.25, 0.3) is 28.2 Å². The van der Waals surface area contributed by atoms with Gasteiger partial charge in [-0.15, -0.1) is 0 Å².